The fourth-order valence-electron chi connectivity index (χ4n) is 1.69. The number of thioether (sulfide) groups is 1. The van der Waals surface area contributed by atoms with Gasteiger partial charge in [-0.2, -0.15) is 0 Å². The maximum Gasteiger partial charge on any atom is 0.237 e. The largest absolute Gasteiger partial charge is 0.383 e. The highest BCUT2D eigenvalue weighted by atomic mass is 32.2. The van der Waals surface area contributed by atoms with Crippen molar-refractivity contribution < 1.29 is 4.79 Å². The molecule has 0 aliphatic heterocycles. The van der Waals surface area contributed by atoms with E-state index >= 15 is 0 Å². The van der Waals surface area contributed by atoms with E-state index in [2.05, 4.69) is 15.3 Å². The quantitative estimate of drug-likeness (QED) is 0.589. The number of aryl methyl sites for hydroxylation is 1. The molecule has 2 aromatic rings. The molecular weight excluding hydrogens is 286 g/mol. The summed E-state index contributed by atoms with van der Waals surface area (Å²) in [4.78, 5) is 20.2. The van der Waals surface area contributed by atoms with Crippen LogP contribution in [0.25, 0.3) is 0 Å². The monoisotopic (exact) mass is 303 g/mol. The molecule has 0 bridgehead atoms. The average molecular weight is 303 g/mol. The Bertz CT molecular complexity index is 641. The summed E-state index contributed by atoms with van der Waals surface area (Å²) in [6.45, 7) is 3.75. The van der Waals surface area contributed by atoms with Crippen molar-refractivity contribution in [1.29, 1.82) is 0 Å². The molecule has 110 valence electrons. The molecular formula is C14H17N5OS. The molecule has 0 saturated carbocycles. The number of anilines is 3. The van der Waals surface area contributed by atoms with Crippen molar-refractivity contribution in [3.63, 3.8) is 0 Å². The van der Waals surface area contributed by atoms with E-state index in [-0.39, 0.29) is 22.8 Å². The van der Waals surface area contributed by atoms with Gasteiger partial charge in [-0.05, 0) is 31.5 Å². The third kappa shape index (κ3) is 4.35. The lowest BCUT2D eigenvalue weighted by atomic mass is 10.2. The number of carbonyl (C=O) groups is 1. The second kappa shape index (κ2) is 6.45. The van der Waals surface area contributed by atoms with Crippen LogP contribution in [0.15, 0.2) is 35.5 Å². The molecule has 21 heavy (non-hydrogen) atoms. The van der Waals surface area contributed by atoms with Gasteiger partial charge in [0, 0.05) is 11.8 Å². The molecule has 6 nitrogen and oxygen atoms in total. The minimum absolute atomic E-state index is 0.129. The lowest BCUT2D eigenvalue weighted by Gasteiger charge is -2.12. The van der Waals surface area contributed by atoms with Gasteiger partial charge in [-0.25, -0.2) is 9.97 Å². The van der Waals surface area contributed by atoms with E-state index in [4.69, 9.17) is 11.5 Å². The van der Waals surface area contributed by atoms with Crippen molar-refractivity contribution in [3.05, 3.63) is 35.9 Å². The molecule has 1 heterocycles. The Hall–Kier alpha value is -2.28. The fourth-order valence-corrected chi connectivity index (χ4v) is 2.49. The maximum absolute atomic E-state index is 12.1. The number of nitrogens with one attached hydrogen (secondary N) is 1. The highest BCUT2D eigenvalue weighted by Gasteiger charge is 2.16. The maximum atomic E-state index is 12.1. The zero-order chi connectivity index (χ0) is 15.4. The van der Waals surface area contributed by atoms with Crippen LogP contribution in [0.1, 0.15) is 12.5 Å². The second-order valence-electron chi connectivity index (χ2n) is 4.62. The Morgan fingerprint density at radius 1 is 1.24 bits per heavy atom. The second-order valence-corrected chi connectivity index (χ2v) is 5.93. The molecule has 1 atom stereocenters. The number of aromatic nitrogens is 2. The van der Waals surface area contributed by atoms with Gasteiger partial charge in [-0.3, -0.25) is 4.79 Å². The zero-order valence-electron chi connectivity index (χ0n) is 11.8. The average Bonchev–Trinajstić information content (AvgIpc) is 2.37. The number of nitrogen functional groups attached to an aromatic ring is 2. The molecule has 0 spiro atoms. The van der Waals surface area contributed by atoms with Crippen LogP contribution in [0.2, 0.25) is 0 Å². The van der Waals surface area contributed by atoms with Gasteiger partial charge in [0.05, 0.1) is 5.25 Å². The normalized spacial score (nSPS) is 11.9. The van der Waals surface area contributed by atoms with Gasteiger partial charge in [0.1, 0.15) is 11.6 Å². The number of nitrogens with zero attached hydrogens (tertiary/aromatic N) is 2. The van der Waals surface area contributed by atoms with Crippen LogP contribution in [-0.4, -0.2) is 21.1 Å². The molecule has 1 unspecified atom stereocenters. The Morgan fingerprint density at radius 2 is 1.90 bits per heavy atom. The van der Waals surface area contributed by atoms with Gasteiger partial charge in [-0.1, -0.05) is 23.9 Å². The summed E-state index contributed by atoms with van der Waals surface area (Å²) >= 11 is 1.21. The number of hydrogen-bond acceptors (Lipinski definition) is 6. The first-order valence-corrected chi connectivity index (χ1v) is 7.26. The summed E-state index contributed by atoms with van der Waals surface area (Å²) in [5.41, 5.74) is 13.1. The third-order valence-corrected chi connectivity index (χ3v) is 3.64. The van der Waals surface area contributed by atoms with Crippen LogP contribution < -0.4 is 16.8 Å². The summed E-state index contributed by atoms with van der Waals surface area (Å²) in [6.07, 6.45) is 0. The molecule has 5 N–H and O–H groups in total. The summed E-state index contributed by atoms with van der Waals surface area (Å²) < 4.78 is 0. The van der Waals surface area contributed by atoms with E-state index in [1.165, 1.54) is 17.8 Å². The van der Waals surface area contributed by atoms with Gasteiger partial charge in [0.25, 0.3) is 0 Å². The van der Waals surface area contributed by atoms with Gasteiger partial charge in [0.15, 0.2) is 5.16 Å². The lowest BCUT2D eigenvalue weighted by molar-refractivity contribution is -0.115. The summed E-state index contributed by atoms with van der Waals surface area (Å²) in [6, 6.07) is 9.09. The Morgan fingerprint density at radius 3 is 2.52 bits per heavy atom. The molecule has 1 aromatic carbocycles. The predicted molar refractivity (Wildman–Crippen MR) is 86.0 cm³/mol. The first-order chi connectivity index (χ1) is 9.94. The third-order valence-electron chi connectivity index (χ3n) is 2.68. The van der Waals surface area contributed by atoms with Crippen molar-refractivity contribution in [2.45, 2.75) is 24.3 Å². The van der Waals surface area contributed by atoms with E-state index in [1.54, 1.807) is 6.92 Å². The number of rotatable bonds is 4. The molecule has 0 radical (unpaired) electrons. The molecule has 0 aliphatic rings. The molecule has 0 fully saturated rings. The van der Waals surface area contributed by atoms with Crippen LogP contribution in [0.3, 0.4) is 0 Å². The predicted octanol–water partition coefficient (Wildman–Crippen LogP) is 2.07. The van der Waals surface area contributed by atoms with Crippen LogP contribution in [0, 0.1) is 6.92 Å². The van der Waals surface area contributed by atoms with E-state index in [0.717, 1.165) is 11.3 Å². The van der Waals surface area contributed by atoms with E-state index in [9.17, 15) is 4.79 Å². The standard InChI is InChI=1S/C14H17N5OS/c1-8-4-3-5-10(6-8)17-13(20)9(2)21-14-18-11(15)7-12(16)19-14/h3-7,9H,1-2H3,(H,17,20)(H4,15,16,18,19). The topological polar surface area (TPSA) is 107 Å². The molecule has 7 heteroatoms. The van der Waals surface area contributed by atoms with E-state index in [1.807, 2.05) is 31.2 Å². The highest BCUT2D eigenvalue weighted by Crippen LogP contribution is 2.22. The molecule has 2 rings (SSSR count). The van der Waals surface area contributed by atoms with Crippen LogP contribution in [0.4, 0.5) is 17.3 Å². The first-order valence-electron chi connectivity index (χ1n) is 6.38. The molecule has 1 amide bonds. The minimum Gasteiger partial charge on any atom is -0.383 e. The van der Waals surface area contributed by atoms with Gasteiger partial charge < -0.3 is 16.8 Å². The number of amides is 1. The van der Waals surface area contributed by atoms with Gasteiger partial charge in [0.2, 0.25) is 5.91 Å². The minimum atomic E-state index is -0.369. The van der Waals surface area contributed by atoms with Gasteiger partial charge in [-0.15, -0.1) is 0 Å². The van der Waals surface area contributed by atoms with E-state index in [0.29, 0.717) is 5.16 Å². The van der Waals surface area contributed by atoms with E-state index < -0.39 is 0 Å². The summed E-state index contributed by atoms with van der Waals surface area (Å²) in [7, 11) is 0. The summed E-state index contributed by atoms with van der Waals surface area (Å²) in [5, 5.41) is 2.87. The lowest BCUT2D eigenvalue weighted by Crippen LogP contribution is -2.22. The Balaban J connectivity index is 2.02. The molecule has 1 aromatic heterocycles. The van der Waals surface area contributed by atoms with Crippen molar-refractivity contribution >= 4 is 35.0 Å². The first kappa shape index (κ1) is 15.1. The number of nitrogens with two attached hydrogens (primary N) is 2. The Labute approximate surface area is 127 Å². The van der Waals surface area contributed by atoms with Crippen molar-refractivity contribution in [2.24, 2.45) is 0 Å². The summed E-state index contributed by atoms with van der Waals surface area (Å²) in [5.74, 6) is 0.447. The zero-order valence-corrected chi connectivity index (χ0v) is 12.6. The van der Waals surface area contributed by atoms with Crippen molar-refractivity contribution in [2.75, 3.05) is 16.8 Å². The number of carbonyl (C=O) groups excluding carboxylic acids is 1. The Kier molecular flexibility index (Phi) is 4.64. The molecule has 0 saturated heterocycles. The van der Waals surface area contributed by atoms with Crippen molar-refractivity contribution in [3.8, 4) is 0 Å². The number of benzene rings is 1. The van der Waals surface area contributed by atoms with Crippen LogP contribution in [-0.2, 0) is 4.79 Å². The fraction of sp³-hybridized carbons (Fsp3) is 0.214. The highest BCUT2D eigenvalue weighted by molar-refractivity contribution is 8.00. The smallest absolute Gasteiger partial charge is 0.237 e. The van der Waals surface area contributed by atoms with Crippen LogP contribution >= 0.6 is 11.8 Å². The van der Waals surface area contributed by atoms with Crippen LogP contribution in [0.5, 0.6) is 0 Å². The number of hydrogen-bond donors (Lipinski definition) is 3. The van der Waals surface area contributed by atoms with Gasteiger partial charge >= 0.3 is 0 Å². The molecule has 0 aliphatic carbocycles. The SMILES string of the molecule is Cc1cccc(NC(=O)C(C)Sc2nc(N)cc(N)n2)c1. The van der Waals surface area contributed by atoms with Crippen molar-refractivity contribution in [1.82, 2.24) is 9.97 Å².